The van der Waals surface area contributed by atoms with E-state index in [2.05, 4.69) is 4.57 Å². The minimum Gasteiger partial charge on any atom is -0.497 e. The van der Waals surface area contributed by atoms with Crippen LogP contribution in [0.2, 0.25) is 0 Å². The molecular formula is C25H31N3O6S2. The molecule has 0 N–H and O–H groups in total. The number of benzene rings is 2. The van der Waals surface area contributed by atoms with Crippen LogP contribution in [0.15, 0.2) is 46.5 Å². The van der Waals surface area contributed by atoms with Gasteiger partial charge in [-0.15, -0.1) is 0 Å². The summed E-state index contributed by atoms with van der Waals surface area (Å²) < 4.78 is 52.2. The van der Waals surface area contributed by atoms with Crippen molar-refractivity contribution in [3.8, 4) is 11.5 Å². The number of imidazole rings is 1. The lowest BCUT2D eigenvalue weighted by molar-refractivity contribution is 0.0730. The first-order chi connectivity index (χ1) is 17.5. The summed E-state index contributed by atoms with van der Waals surface area (Å²) in [5.74, 6) is 2.16. The van der Waals surface area contributed by atoms with E-state index in [1.807, 2.05) is 24.3 Å². The van der Waals surface area contributed by atoms with Crippen molar-refractivity contribution >= 4 is 32.8 Å². The quantitative estimate of drug-likeness (QED) is 0.386. The van der Waals surface area contributed by atoms with Crippen molar-refractivity contribution in [3.05, 3.63) is 42.0 Å². The molecule has 1 unspecified atom stereocenters. The fourth-order valence-electron chi connectivity index (χ4n) is 4.60. The van der Waals surface area contributed by atoms with Crippen LogP contribution in [-0.2, 0) is 31.8 Å². The van der Waals surface area contributed by atoms with Gasteiger partial charge in [-0.05, 0) is 49.2 Å². The Morgan fingerprint density at radius 1 is 1.08 bits per heavy atom. The fourth-order valence-corrected chi connectivity index (χ4v) is 7.03. The lowest BCUT2D eigenvalue weighted by Crippen LogP contribution is -2.40. The molecule has 3 aromatic rings. The molecule has 36 heavy (non-hydrogen) atoms. The third-order valence-electron chi connectivity index (χ3n) is 6.55. The molecule has 2 aliphatic heterocycles. The summed E-state index contributed by atoms with van der Waals surface area (Å²) >= 11 is 1.58. The van der Waals surface area contributed by atoms with E-state index in [1.165, 1.54) is 4.31 Å². The number of methoxy groups -OCH3 is 2. The predicted molar refractivity (Wildman–Crippen MR) is 137 cm³/mol. The Bertz CT molecular complexity index is 1310. The molecule has 0 amide bonds. The van der Waals surface area contributed by atoms with Crippen LogP contribution in [0.3, 0.4) is 0 Å². The van der Waals surface area contributed by atoms with Gasteiger partial charge in [0.1, 0.15) is 11.5 Å². The molecule has 1 aromatic heterocycles. The fraction of sp³-hybridized carbons (Fsp3) is 0.480. The van der Waals surface area contributed by atoms with Crippen LogP contribution in [0.5, 0.6) is 11.5 Å². The summed E-state index contributed by atoms with van der Waals surface area (Å²) in [5, 5.41) is 0.811. The number of ether oxygens (including phenoxy) is 4. The van der Waals surface area contributed by atoms with Crippen molar-refractivity contribution in [2.24, 2.45) is 0 Å². The molecule has 3 heterocycles. The standard InChI is InChI=1S/C25H31N3O6S2/c1-31-19-5-8-24(32-2)18(14-19)17-35-25-26-22-15-21(36(29,30)27-9-12-33-13-10-27)6-7-23(22)28(25)16-20-4-3-11-34-20/h5-8,14-15,20H,3-4,9-13,16-17H2,1-2H3. The van der Waals surface area contributed by atoms with Gasteiger partial charge < -0.3 is 23.5 Å². The van der Waals surface area contributed by atoms with Gasteiger partial charge in [0, 0.05) is 31.0 Å². The second-order valence-electron chi connectivity index (χ2n) is 8.77. The molecule has 2 saturated heterocycles. The second kappa shape index (κ2) is 11.0. The molecule has 5 rings (SSSR count). The van der Waals surface area contributed by atoms with Crippen LogP contribution in [0.25, 0.3) is 11.0 Å². The number of hydrogen-bond donors (Lipinski definition) is 0. The SMILES string of the molecule is COc1ccc(OC)c(CSc2nc3cc(S(=O)(=O)N4CCOCC4)ccc3n2CC2CCCO2)c1. The predicted octanol–water partition coefficient (Wildman–Crippen LogP) is 3.55. The Balaban J connectivity index is 1.48. The maximum Gasteiger partial charge on any atom is 0.243 e. The highest BCUT2D eigenvalue weighted by atomic mass is 32.2. The van der Waals surface area contributed by atoms with Gasteiger partial charge in [0.15, 0.2) is 5.16 Å². The van der Waals surface area contributed by atoms with E-state index >= 15 is 0 Å². The Hall–Kier alpha value is -2.31. The molecule has 0 bridgehead atoms. The molecular weight excluding hydrogens is 502 g/mol. The molecule has 2 aromatic carbocycles. The van der Waals surface area contributed by atoms with Gasteiger partial charge in [0.05, 0.1) is 56.0 Å². The third-order valence-corrected chi connectivity index (χ3v) is 9.47. The smallest absolute Gasteiger partial charge is 0.243 e. The van der Waals surface area contributed by atoms with E-state index in [9.17, 15) is 8.42 Å². The lowest BCUT2D eigenvalue weighted by Gasteiger charge is -2.26. The average molecular weight is 534 g/mol. The van der Waals surface area contributed by atoms with Gasteiger partial charge in [-0.3, -0.25) is 0 Å². The number of aromatic nitrogens is 2. The molecule has 194 valence electrons. The Morgan fingerprint density at radius 3 is 2.64 bits per heavy atom. The van der Waals surface area contributed by atoms with E-state index in [0.29, 0.717) is 44.1 Å². The first-order valence-corrected chi connectivity index (χ1v) is 14.5. The number of nitrogens with zero attached hydrogens (tertiary/aromatic N) is 3. The summed E-state index contributed by atoms with van der Waals surface area (Å²) in [4.78, 5) is 5.13. The summed E-state index contributed by atoms with van der Waals surface area (Å²) in [6.45, 7) is 2.97. The van der Waals surface area contributed by atoms with E-state index in [-0.39, 0.29) is 11.0 Å². The maximum absolute atomic E-state index is 13.2. The first kappa shape index (κ1) is 25.3. The Labute approximate surface area is 215 Å². The van der Waals surface area contributed by atoms with Crippen molar-refractivity contribution in [1.82, 2.24) is 13.9 Å². The monoisotopic (exact) mass is 533 g/mol. The third kappa shape index (κ3) is 5.21. The van der Waals surface area contributed by atoms with Crippen LogP contribution < -0.4 is 9.47 Å². The number of rotatable bonds is 9. The van der Waals surface area contributed by atoms with Crippen molar-refractivity contribution in [1.29, 1.82) is 0 Å². The summed E-state index contributed by atoms with van der Waals surface area (Å²) in [6.07, 6.45) is 2.16. The van der Waals surface area contributed by atoms with Crippen LogP contribution in [-0.4, -0.2) is 75.5 Å². The highest BCUT2D eigenvalue weighted by Gasteiger charge is 2.28. The summed E-state index contributed by atoms with van der Waals surface area (Å²) in [6, 6.07) is 11.0. The Kier molecular flexibility index (Phi) is 7.73. The topological polar surface area (TPSA) is 92.1 Å². The molecule has 0 saturated carbocycles. The Morgan fingerprint density at radius 2 is 1.92 bits per heavy atom. The van der Waals surface area contributed by atoms with Crippen LogP contribution in [0.4, 0.5) is 0 Å². The molecule has 11 heteroatoms. The van der Waals surface area contributed by atoms with Gasteiger partial charge in [-0.25, -0.2) is 13.4 Å². The number of hydrogen-bond acceptors (Lipinski definition) is 8. The number of sulfonamides is 1. The maximum atomic E-state index is 13.2. The van der Waals surface area contributed by atoms with Crippen molar-refractivity contribution in [3.63, 3.8) is 0 Å². The molecule has 2 aliphatic rings. The highest BCUT2D eigenvalue weighted by Crippen LogP contribution is 2.34. The molecule has 2 fully saturated rings. The molecule has 0 radical (unpaired) electrons. The minimum absolute atomic E-state index is 0.116. The van der Waals surface area contributed by atoms with E-state index in [4.69, 9.17) is 23.9 Å². The number of morpholine rings is 1. The van der Waals surface area contributed by atoms with Crippen molar-refractivity contribution in [2.75, 3.05) is 47.1 Å². The van der Waals surface area contributed by atoms with Crippen molar-refractivity contribution in [2.45, 2.75) is 41.3 Å². The van der Waals surface area contributed by atoms with Crippen LogP contribution in [0, 0.1) is 0 Å². The van der Waals surface area contributed by atoms with Gasteiger partial charge in [0.25, 0.3) is 0 Å². The van der Waals surface area contributed by atoms with Crippen molar-refractivity contribution < 1.29 is 27.4 Å². The van der Waals surface area contributed by atoms with E-state index in [0.717, 1.165) is 47.2 Å². The zero-order valence-corrected chi connectivity index (χ0v) is 22.1. The molecule has 1 atom stereocenters. The average Bonchev–Trinajstić information content (AvgIpc) is 3.55. The second-order valence-corrected chi connectivity index (χ2v) is 11.7. The summed E-state index contributed by atoms with van der Waals surface area (Å²) in [7, 11) is -0.316. The zero-order chi connectivity index (χ0) is 25.1. The molecule has 9 nitrogen and oxygen atoms in total. The molecule has 0 aliphatic carbocycles. The zero-order valence-electron chi connectivity index (χ0n) is 20.5. The molecule has 0 spiro atoms. The minimum atomic E-state index is -3.61. The van der Waals surface area contributed by atoms with E-state index < -0.39 is 10.0 Å². The lowest BCUT2D eigenvalue weighted by atomic mass is 10.2. The van der Waals surface area contributed by atoms with E-state index in [1.54, 1.807) is 38.1 Å². The van der Waals surface area contributed by atoms with Crippen LogP contribution >= 0.6 is 11.8 Å². The number of fused-ring (bicyclic) bond motifs is 1. The first-order valence-electron chi connectivity index (χ1n) is 12.0. The van der Waals surface area contributed by atoms with Crippen LogP contribution in [0.1, 0.15) is 18.4 Å². The number of thioether (sulfide) groups is 1. The van der Waals surface area contributed by atoms with Gasteiger partial charge in [0.2, 0.25) is 10.0 Å². The largest absolute Gasteiger partial charge is 0.497 e. The highest BCUT2D eigenvalue weighted by molar-refractivity contribution is 7.98. The van der Waals surface area contributed by atoms with Gasteiger partial charge in [-0.2, -0.15) is 4.31 Å². The summed E-state index contributed by atoms with van der Waals surface area (Å²) in [5.41, 5.74) is 2.54. The van der Waals surface area contributed by atoms with Gasteiger partial charge >= 0.3 is 0 Å². The normalized spacial score (nSPS) is 19.1. The van der Waals surface area contributed by atoms with Gasteiger partial charge in [-0.1, -0.05) is 11.8 Å².